The Kier molecular flexibility index (Phi) is 7.78. The number of rotatable bonds is 7. The van der Waals surface area contributed by atoms with E-state index in [1.807, 2.05) is 25.1 Å². The van der Waals surface area contributed by atoms with Gasteiger partial charge in [0.25, 0.3) is 0 Å². The molecule has 0 saturated heterocycles. The van der Waals surface area contributed by atoms with E-state index in [0.29, 0.717) is 13.2 Å². The molecule has 1 aromatic carbocycles. The number of aryl methyl sites for hydroxylation is 1. The van der Waals surface area contributed by atoms with Crippen LogP contribution in [0.3, 0.4) is 0 Å². The lowest BCUT2D eigenvalue weighted by Crippen LogP contribution is -2.40. The van der Waals surface area contributed by atoms with Crippen molar-refractivity contribution >= 4 is 33.6 Å². The number of halogens is 1. The zero-order chi connectivity index (χ0) is 15.7. The third kappa shape index (κ3) is 7.10. The van der Waals surface area contributed by atoms with Gasteiger partial charge >= 0.3 is 6.03 Å². The first-order chi connectivity index (χ1) is 10.0. The van der Waals surface area contributed by atoms with Gasteiger partial charge in [-0.15, -0.1) is 0 Å². The topological polar surface area (TPSA) is 79.5 Å². The fourth-order valence-electron chi connectivity index (χ4n) is 1.60. The first-order valence-corrected chi connectivity index (χ1v) is 7.39. The molecule has 0 radical (unpaired) electrons. The molecule has 6 nitrogen and oxygen atoms in total. The van der Waals surface area contributed by atoms with Crippen LogP contribution in [0.15, 0.2) is 22.7 Å². The second kappa shape index (κ2) is 9.36. The largest absolute Gasteiger partial charge is 0.385 e. The number of urea groups is 1. The summed E-state index contributed by atoms with van der Waals surface area (Å²) in [5.74, 6) is -0.271. The van der Waals surface area contributed by atoms with Gasteiger partial charge in [-0.3, -0.25) is 4.79 Å². The molecule has 0 aliphatic rings. The van der Waals surface area contributed by atoms with Crippen molar-refractivity contribution in [2.24, 2.45) is 0 Å². The maximum absolute atomic E-state index is 11.7. The number of amides is 3. The van der Waals surface area contributed by atoms with Crippen molar-refractivity contribution in [2.75, 3.05) is 32.1 Å². The van der Waals surface area contributed by atoms with E-state index in [1.54, 1.807) is 7.11 Å². The number of hydrogen-bond donors (Lipinski definition) is 3. The van der Waals surface area contributed by atoms with Gasteiger partial charge in [0.05, 0.1) is 6.54 Å². The quantitative estimate of drug-likeness (QED) is 0.653. The molecule has 0 unspecified atom stereocenters. The second-order valence-electron chi connectivity index (χ2n) is 4.46. The van der Waals surface area contributed by atoms with E-state index in [2.05, 4.69) is 31.9 Å². The summed E-state index contributed by atoms with van der Waals surface area (Å²) in [5, 5.41) is 7.88. The summed E-state index contributed by atoms with van der Waals surface area (Å²) in [6.07, 6.45) is 0.730. The highest BCUT2D eigenvalue weighted by molar-refractivity contribution is 9.10. The number of ether oxygens (including phenoxy) is 1. The fraction of sp³-hybridized carbons (Fsp3) is 0.429. The number of benzene rings is 1. The molecular formula is C14H20BrN3O3. The van der Waals surface area contributed by atoms with Crippen molar-refractivity contribution < 1.29 is 14.3 Å². The molecule has 7 heteroatoms. The van der Waals surface area contributed by atoms with Gasteiger partial charge < -0.3 is 20.7 Å². The van der Waals surface area contributed by atoms with Crippen molar-refractivity contribution in [3.63, 3.8) is 0 Å². The maximum atomic E-state index is 11.7. The van der Waals surface area contributed by atoms with Gasteiger partial charge in [0.2, 0.25) is 5.91 Å². The number of carbonyl (C=O) groups is 2. The Labute approximate surface area is 132 Å². The zero-order valence-corrected chi connectivity index (χ0v) is 13.7. The smallest absolute Gasteiger partial charge is 0.315 e. The van der Waals surface area contributed by atoms with Gasteiger partial charge in [-0.25, -0.2) is 4.79 Å². The van der Waals surface area contributed by atoms with Gasteiger partial charge in [-0.2, -0.15) is 0 Å². The third-order valence-corrected chi connectivity index (χ3v) is 3.18. The van der Waals surface area contributed by atoms with Crippen LogP contribution in [0.4, 0.5) is 10.5 Å². The Morgan fingerprint density at radius 2 is 2.05 bits per heavy atom. The van der Waals surface area contributed by atoms with E-state index < -0.39 is 0 Å². The Morgan fingerprint density at radius 3 is 2.71 bits per heavy atom. The van der Waals surface area contributed by atoms with Crippen molar-refractivity contribution in [3.8, 4) is 0 Å². The molecule has 21 heavy (non-hydrogen) atoms. The van der Waals surface area contributed by atoms with E-state index >= 15 is 0 Å². The summed E-state index contributed by atoms with van der Waals surface area (Å²) >= 11 is 3.36. The highest BCUT2D eigenvalue weighted by atomic mass is 79.9. The Hall–Kier alpha value is -1.60. The molecule has 1 aromatic rings. The lowest BCUT2D eigenvalue weighted by Gasteiger charge is -2.10. The Bertz CT molecular complexity index is 494. The predicted octanol–water partition coefficient (Wildman–Crippen LogP) is 2.03. The Balaban J connectivity index is 2.29. The number of carbonyl (C=O) groups excluding carboxylic acids is 2. The lowest BCUT2D eigenvalue weighted by molar-refractivity contribution is -0.115. The van der Waals surface area contributed by atoms with Crippen LogP contribution in [-0.4, -0.2) is 38.7 Å². The van der Waals surface area contributed by atoms with Gasteiger partial charge in [0.1, 0.15) is 0 Å². The zero-order valence-electron chi connectivity index (χ0n) is 12.2. The molecular weight excluding hydrogens is 338 g/mol. The van der Waals surface area contributed by atoms with Crippen LogP contribution in [-0.2, 0) is 9.53 Å². The minimum atomic E-state index is -0.367. The van der Waals surface area contributed by atoms with Crippen LogP contribution in [0.25, 0.3) is 0 Å². The number of nitrogens with one attached hydrogen (secondary N) is 3. The molecule has 0 aliphatic carbocycles. The molecule has 0 fully saturated rings. The lowest BCUT2D eigenvalue weighted by atomic mass is 10.2. The monoisotopic (exact) mass is 357 g/mol. The van der Waals surface area contributed by atoms with Crippen LogP contribution in [0, 0.1) is 6.92 Å². The summed E-state index contributed by atoms with van der Waals surface area (Å²) in [7, 11) is 1.61. The van der Waals surface area contributed by atoms with Crippen LogP contribution in [0.1, 0.15) is 12.0 Å². The average molecular weight is 358 g/mol. The standard InChI is InChI=1S/C14H20BrN3O3/c1-10-8-11(15)4-5-12(10)18-13(19)9-17-14(20)16-6-3-7-21-2/h4-5,8H,3,6-7,9H2,1-2H3,(H,18,19)(H2,16,17,20). The minimum absolute atomic E-state index is 0.0778. The second-order valence-corrected chi connectivity index (χ2v) is 5.38. The van der Waals surface area contributed by atoms with Crippen molar-refractivity contribution in [1.82, 2.24) is 10.6 Å². The number of hydrogen-bond acceptors (Lipinski definition) is 3. The molecule has 1 rings (SSSR count). The highest BCUT2D eigenvalue weighted by Crippen LogP contribution is 2.19. The molecule has 0 aromatic heterocycles. The minimum Gasteiger partial charge on any atom is -0.385 e. The van der Waals surface area contributed by atoms with Gasteiger partial charge in [0.15, 0.2) is 0 Å². The molecule has 3 N–H and O–H groups in total. The summed E-state index contributed by atoms with van der Waals surface area (Å²) < 4.78 is 5.82. The highest BCUT2D eigenvalue weighted by Gasteiger charge is 2.07. The van der Waals surface area contributed by atoms with Gasteiger partial charge in [-0.1, -0.05) is 15.9 Å². The van der Waals surface area contributed by atoms with E-state index in [-0.39, 0.29) is 18.5 Å². The van der Waals surface area contributed by atoms with Gasteiger partial charge in [0, 0.05) is 30.4 Å². The predicted molar refractivity (Wildman–Crippen MR) is 85.4 cm³/mol. The summed E-state index contributed by atoms with van der Waals surface area (Å²) in [6.45, 7) is 2.92. The third-order valence-electron chi connectivity index (χ3n) is 2.68. The normalized spacial score (nSPS) is 10.0. The molecule has 0 heterocycles. The number of methoxy groups -OCH3 is 1. The molecule has 0 atom stereocenters. The van der Waals surface area contributed by atoms with E-state index in [4.69, 9.17) is 4.74 Å². The molecule has 0 spiro atoms. The van der Waals surface area contributed by atoms with Crippen LogP contribution >= 0.6 is 15.9 Å². The van der Waals surface area contributed by atoms with Crippen molar-refractivity contribution in [2.45, 2.75) is 13.3 Å². The van der Waals surface area contributed by atoms with E-state index in [1.165, 1.54) is 0 Å². The number of anilines is 1. The first-order valence-electron chi connectivity index (χ1n) is 6.59. The summed E-state index contributed by atoms with van der Waals surface area (Å²) in [6, 6.07) is 5.19. The SMILES string of the molecule is COCCCNC(=O)NCC(=O)Nc1ccc(Br)cc1C. The van der Waals surface area contributed by atoms with E-state index in [9.17, 15) is 9.59 Å². The van der Waals surface area contributed by atoms with Gasteiger partial charge in [-0.05, 0) is 37.1 Å². The molecule has 116 valence electrons. The summed E-state index contributed by atoms with van der Waals surface area (Å²) in [5.41, 5.74) is 1.67. The Morgan fingerprint density at radius 1 is 1.29 bits per heavy atom. The van der Waals surface area contributed by atoms with Crippen molar-refractivity contribution in [1.29, 1.82) is 0 Å². The van der Waals surface area contributed by atoms with Crippen LogP contribution < -0.4 is 16.0 Å². The van der Waals surface area contributed by atoms with Crippen LogP contribution in [0.5, 0.6) is 0 Å². The van der Waals surface area contributed by atoms with E-state index in [0.717, 1.165) is 22.1 Å². The van der Waals surface area contributed by atoms with Crippen LogP contribution in [0.2, 0.25) is 0 Å². The molecule has 3 amide bonds. The fourth-order valence-corrected chi connectivity index (χ4v) is 2.08. The molecule has 0 aliphatic heterocycles. The molecule has 0 saturated carbocycles. The van der Waals surface area contributed by atoms with Crippen molar-refractivity contribution in [3.05, 3.63) is 28.2 Å². The average Bonchev–Trinajstić information content (AvgIpc) is 2.44. The molecule has 0 bridgehead atoms. The maximum Gasteiger partial charge on any atom is 0.315 e. The first kappa shape index (κ1) is 17.5. The summed E-state index contributed by atoms with van der Waals surface area (Å²) in [4.78, 5) is 23.2.